The van der Waals surface area contributed by atoms with Crippen molar-refractivity contribution in [1.82, 2.24) is 10.2 Å². The van der Waals surface area contributed by atoms with Crippen LogP contribution in [0.25, 0.3) is 0 Å². The Morgan fingerprint density at radius 2 is 2.14 bits per heavy atom. The van der Waals surface area contributed by atoms with Crippen molar-refractivity contribution in [2.45, 2.75) is 18.6 Å². The van der Waals surface area contributed by atoms with Crippen LogP contribution >= 0.6 is 0 Å². The van der Waals surface area contributed by atoms with Crippen LogP contribution in [0.3, 0.4) is 0 Å². The normalized spacial score (nSPS) is 29.1. The summed E-state index contributed by atoms with van der Waals surface area (Å²) in [6.07, 6.45) is 1.06. The summed E-state index contributed by atoms with van der Waals surface area (Å²) in [5, 5.41) is 21.7. The number of hydrogen-bond donors (Lipinski definition) is 3. The lowest BCUT2D eigenvalue weighted by Crippen LogP contribution is -2.55. The number of aliphatic hydroxyl groups is 2. The molecule has 3 aliphatic rings. The monoisotopic (exact) mass is 294 g/mol. The van der Waals surface area contributed by atoms with Gasteiger partial charge in [0, 0.05) is 6.54 Å². The predicted molar refractivity (Wildman–Crippen MR) is 67.8 cm³/mol. The molecule has 112 valence electrons. The first-order valence-electron chi connectivity index (χ1n) is 6.57. The molecule has 2 amide bonds. The first-order chi connectivity index (χ1) is 10.0. The number of esters is 1. The summed E-state index contributed by atoms with van der Waals surface area (Å²) in [5.41, 5.74) is 0.366. The van der Waals surface area contributed by atoms with E-state index >= 15 is 0 Å². The van der Waals surface area contributed by atoms with Gasteiger partial charge in [-0.25, -0.2) is 4.79 Å². The summed E-state index contributed by atoms with van der Waals surface area (Å²) in [6.45, 7) is -0.0816. The largest absolute Gasteiger partial charge is 0.502 e. The van der Waals surface area contributed by atoms with Crippen molar-refractivity contribution in [3.8, 4) is 0 Å². The topological polar surface area (TPSA) is 116 Å². The molecule has 0 aromatic heterocycles. The van der Waals surface area contributed by atoms with Crippen LogP contribution in [0, 0.1) is 0 Å². The molecule has 0 saturated carbocycles. The van der Waals surface area contributed by atoms with Gasteiger partial charge in [0.2, 0.25) is 0 Å². The molecule has 2 atom stereocenters. The fourth-order valence-electron chi connectivity index (χ4n) is 2.72. The van der Waals surface area contributed by atoms with Gasteiger partial charge in [0.1, 0.15) is 12.1 Å². The van der Waals surface area contributed by atoms with Gasteiger partial charge in [0.25, 0.3) is 11.8 Å². The lowest BCUT2D eigenvalue weighted by atomic mass is 9.96. The van der Waals surface area contributed by atoms with Crippen molar-refractivity contribution in [3.63, 3.8) is 0 Å². The van der Waals surface area contributed by atoms with E-state index in [0.29, 0.717) is 18.5 Å². The van der Waals surface area contributed by atoms with Gasteiger partial charge in [-0.1, -0.05) is 0 Å². The van der Waals surface area contributed by atoms with Crippen LogP contribution < -0.4 is 5.32 Å². The summed E-state index contributed by atoms with van der Waals surface area (Å²) in [6, 6.07) is -0.985. The van der Waals surface area contributed by atoms with Crippen LogP contribution in [0.5, 0.6) is 0 Å². The highest BCUT2D eigenvalue weighted by molar-refractivity contribution is 6.09. The number of carbonyl (C=O) groups is 3. The van der Waals surface area contributed by atoms with Crippen LogP contribution in [0.2, 0.25) is 0 Å². The van der Waals surface area contributed by atoms with Crippen LogP contribution in [-0.2, 0) is 19.1 Å². The van der Waals surface area contributed by atoms with Gasteiger partial charge in [-0.05, 0) is 18.1 Å². The van der Waals surface area contributed by atoms with Crippen LogP contribution in [0.4, 0.5) is 0 Å². The molecule has 0 aromatic rings. The van der Waals surface area contributed by atoms with E-state index in [0.717, 1.165) is 4.90 Å². The molecular weight excluding hydrogens is 280 g/mol. The summed E-state index contributed by atoms with van der Waals surface area (Å²) in [7, 11) is 0. The van der Waals surface area contributed by atoms with E-state index < -0.39 is 42.3 Å². The molecule has 2 saturated heterocycles. The maximum atomic E-state index is 12.3. The molecule has 0 aliphatic carbocycles. The molecule has 3 rings (SSSR count). The zero-order valence-corrected chi connectivity index (χ0v) is 11.0. The highest BCUT2D eigenvalue weighted by Crippen LogP contribution is 2.29. The van der Waals surface area contributed by atoms with Gasteiger partial charge < -0.3 is 25.2 Å². The molecule has 0 aromatic carbocycles. The zero-order chi connectivity index (χ0) is 15.1. The van der Waals surface area contributed by atoms with Crippen molar-refractivity contribution in [2.75, 3.05) is 19.7 Å². The van der Waals surface area contributed by atoms with E-state index in [1.54, 1.807) is 0 Å². The lowest BCUT2D eigenvalue weighted by molar-refractivity contribution is -0.170. The van der Waals surface area contributed by atoms with E-state index in [1.807, 2.05) is 0 Å². The Balaban J connectivity index is 2.07. The van der Waals surface area contributed by atoms with Gasteiger partial charge in [-0.2, -0.15) is 0 Å². The number of carbonyl (C=O) groups excluding carboxylic acids is 3. The van der Waals surface area contributed by atoms with E-state index in [1.165, 1.54) is 6.08 Å². The number of aliphatic hydroxyl groups excluding tert-OH is 2. The second-order valence-corrected chi connectivity index (χ2v) is 5.07. The van der Waals surface area contributed by atoms with Crippen LogP contribution in [0.15, 0.2) is 23.0 Å². The Bertz CT molecular complexity index is 593. The number of nitrogens with zero attached hydrogens (tertiary/aromatic N) is 1. The molecule has 2 unspecified atom stereocenters. The van der Waals surface area contributed by atoms with E-state index in [-0.39, 0.29) is 12.1 Å². The molecule has 21 heavy (non-hydrogen) atoms. The Hall–Kier alpha value is -2.35. The minimum Gasteiger partial charge on any atom is -0.502 e. The first kappa shape index (κ1) is 13.6. The summed E-state index contributed by atoms with van der Waals surface area (Å²) >= 11 is 0. The number of amides is 2. The van der Waals surface area contributed by atoms with Gasteiger partial charge in [-0.3, -0.25) is 9.59 Å². The van der Waals surface area contributed by atoms with Crippen molar-refractivity contribution in [3.05, 3.63) is 23.0 Å². The third-order valence-corrected chi connectivity index (χ3v) is 3.75. The van der Waals surface area contributed by atoms with Crippen molar-refractivity contribution in [2.24, 2.45) is 0 Å². The third kappa shape index (κ3) is 2.07. The number of rotatable bonds is 1. The van der Waals surface area contributed by atoms with Gasteiger partial charge in [-0.15, -0.1) is 0 Å². The molecule has 0 bridgehead atoms. The lowest BCUT2D eigenvalue weighted by Gasteiger charge is -2.35. The maximum absolute atomic E-state index is 12.3. The fraction of sp³-hybridized carbons (Fsp3) is 0.462. The highest BCUT2D eigenvalue weighted by atomic mass is 16.6. The zero-order valence-electron chi connectivity index (χ0n) is 11.0. The third-order valence-electron chi connectivity index (χ3n) is 3.75. The minimum atomic E-state index is -0.985. The highest BCUT2D eigenvalue weighted by Gasteiger charge is 2.43. The molecule has 2 fully saturated rings. The molecular formula is C13H14N2O6. The van der Waals surface area contributed by atoms with Crippen LogP contribution in [0.1, 0.15) is 6.42 Å². The number of morpholine rings is 1. The van der Waals surface area contributed by atoms with Crippen molar-refractivity contribution < 1.29 is 29.3 Å². The van der Waals surface area contributed by atoms with E-state index in [2.05, 4.69) is 5.32 Å². The molecule has 3 aliphatic heterocycles. The number of cyclic esters (lactones) is 1. The smallest absolute Gasteiger partial charge is 0.333 e. The summed E-state index contributed by atoms with van der Waals surface area (Å²) in [4.78, 5) is 37.3. The van der Waals surface area contributed by atoms with E-state index in [9.17, 15) is 19.5 Å². The molecule has 3 N–H and O–H groups in total. The Morgan fingerprint density at radius 1 is 1.38 bits per heavy atom. The SMILES string of the molecule is O=C1NCCC2=CC3C(=O)OC(CO)CN3C(=O)C(O)=C12. The average Bonchev–Trinajstić information content (AvgIpc) is 2.57. The second-order valence-electron chi connectivity index (χ2n) is 5.07. The van der Waals surface area contributed by atoms with Crippen molar-refractivity contribution >= 4 is 17.8 Å². The minimum absolute atomic E-state index is 0.0333. The average molecular weight is 294 g/mol. The second kappa shape index (κ2) is 4.88. The first-order valence-corrected chi connectivity index (χ1v) is 6.57. The van der Waals surface area contributed by atoms with Crippen molar-refractivity contribution in [1.29, 1.82) is 0 Å². The maximum Gasteiger partial charge on any atom is 0.333 e. The summed E-state index contributed by atoms with van der Waals surface area (Å²) in [5.74, 6) is -2.70. The quantitative estimate of drug-likeness (QED) is 0.500. The number of ether oxygens (including phenoxy) is 1. The Labute approximate surface area is 119 Å². The number of nitrogens with one attached hydrogen (secondary N) is 1. The Kier molecular flexibility index (Phi) is 3.17. The number of fused-ring (bicyclic) bond motifs is 2. The van der Waals surface area contributed by atoms with Crippen LogP contribution in [-0.4, -0.2) is 64.7 Å². The molecule has 0 radical (unpaired) electrons. The molecule has 8 heteroatoms. The van der Waals surface area contributed by atoms with Gasteiger partial charge in [0.05, 0.1) is 18.7 Å². The number of hydrogen-bond acceptors (Lipinski definition) is 6. The number of piperidine rings is 1. The standard InChI is InChI=1S/C13H14N2O6/c16-5-7-4-15-8(13(20)21-7)3-6-1-2-14-11(18)9(6)10(17)12(15)19/h3,7-8,16-17H,1-2,4-5H2,(H,14,18). The Morgan fingerprint density at radius 3 is 2.86 bits per heavy atom. The van der Waals surface area contributed by atoms with Gasteiger partial charge in [0.15, 0.2) is 5.76 Å². The van der Waals surface area contributed by atoms with Gasteiger partial charge >= 0.3 is 5.97 Å². The molecule has 3 heterocycles. The fourth-order valence-corrected chi connectivity index (χ4v) is 2.72. The summed E-state index contributed by atoms with van der Waals surface area (Å²) < 4.78 is 5.02. The predicted octanol–water partition coefficient (Wildman–Crippen LogP) is -1.63. The molecule has 8 nitrogen and oxygen atoms in total. The molecule has 0 spiro atoms. The van der Waals surface area contributed by atoms with E-state index in [4.69, 9.17) is 9.84 Å².